The van der Waals surface area contributed by atoms with Gasteiger partial charge in [0.25, 0.3) is 0 Å². The van der Waals surface area contributed by atoms with Crippen molar-refractivity contribution in [3.05, 3.63) is 0 Å². The van der Waals surface area contributed by atoms with Gasteiger partial charge in [0.2, 0.25) is 0 Å². The van der Waals surface area contributed by atoms with Gasteiger partial charge in [0, 0.05) is 0 Å². The quantitative estimate of drug-likeness (QED) is 0.538. The Hall–Kier alpha value is -0.630. The molecule has 0 aromatic heterocycles. The van der Waals surface area contributed by atoms with Crippen molar-refractivity contribution in [3.8, 4) is 6.07 Å². The van der Waals surface area contributed by atoms with E-state index >= 15 is 0 Å². The highest BCUT2D eigenvalue weighted by Gasteiger charge is 2.12. The Balaban J connectivity index is 3.94. The van der Waals surface area contributed by atoms with Crippen LogP contribution in [0.4, 0.5) is 3.89 Å². The summed E-state index contributed by atoms with van der Waals surface area (Å²) in [5.41, 5.74) is 0. The van der Waals surface area contributed by atoms with Crippen molar-refractivity contribution < 1.29 is 12.3 Å². The van der Waals surface area contributed by atoms with Gasteiger partial charge in [0.15, 0.2) is 0 Å². The first kappa shape index (κ1) is 8.37. The molecule has 52 valence electrons. The summed E-state index contributed by atoms with van der Waals surface area (Å²) in [6, 6.07) is 1.60. The SMILES string of the molecule is CC(C#N)CS(=O)(=O)F. The number of halogens is 1. The number of nitriles is 1. The molecule has 0 saturated heterocycles. The maximum atomic E-state index is 11.6. The molecule has 0 bridgehead atoms. The minimum atomic E-state index is -4.46. The van der Waals surface area contributed by atoms with Gasteiger partial charge >= 0.3 is 10.2 Å². The van der Waals surface area contributed by atoms with Crippen molar-refractivity contribution in [1.82, 2.24) is 0 Å². The fourth-order valence-electron chi connectivity index (χ4n) is 0.336. The van der Waals surface area contributed by atoms with Crippen LogP contribution in [0.2, 0.25) is 0 Å². The molecule has 0 aliphatic carbocycles. The molecule has 1 unspecified atom stereocenters. The average Bonchev–Trinajstić information content (AvgIpc) is 1.62. The van der Waals surface area contributed by atoms with E-state index in [4.69, 9.17) is 5.26 Å². The molecule has 0 rings (SSSR count). The van der Waals surface area contributed by atoms with Gasteiger partial charge in [-0.15, -0.1) is 3.89 Å². The number of rotatable bonds is 2. The molecule has 9 heavy (non-hydrogen) atoms. The topological polar surface area (TPSA) is 57.9 Å². The van der Waals surface area contributed by atoms with Gasteiger partial charge in [-0.2, -0.15) is 13.7 Å². The smallest absolute Gasteiger partial charge is 0.198 e. The summed E-state index contributed by atoms with van der Waals surface area (Å²) < 4.78 is 31.2. The molecule has 0 aliphatic rings. The lowest BCUT2D eigenvalue weighted by Crippen LogP contribution is -2.06. The summed E-state index contributed by atoms with van der Waals surface area (Å²) in [6.45, 7) is 1.34. The average molecular weight is 151 g/mol. The summed E-state index contributed by atoms with van der Waals surface area (Å²) in [5, 5.41) is 8.02. The minimum Gasteiger partial charge on any atom is -0.198 e. The molecule has 0 N–H and O–H groups in total. The Bertz CT molecular complexity index is 215. The zero-order chi connectivity index (χ0) is 7.49. The molecule has 0 amide bonds. The van der Waals surface area contributed by atoms with Gasteiger partial charge in [0.05, 0.1) is 17.7 Å². The molecule has 0 saturated carbocycles. The predicted octanol–water partition coefficient (Wildman–Crippen LogP) is 0.445. The van der Waals surface area contributed by atoms with Crippen LogP contribution in [0.5, 0.6) is 0 Å². The summed E-state index contributed by atoms with van der Waals surface area (Å²) in [7, 11) is -4.46. The second-order valence-electron chi connectivity index (χ2n) is 1.74. The van der Waals surface area contributed by atoms with Crippen LogP contribution in [0.15, 0.2) is 0 Å². The largest absolute Gasteiger partial charge is 0.303 e. The molecular formula is C4H6FNO2S. The fourth-order valence-corrected chi connectivity index (χ4v) is 1.01. The first-order valence-electron chi connectivity index (χ1n) is 2.27. The van der Waals surface area contributed by atoms with E-state index in [0.29, 0.717) is 0 Å². The molecule has 0 aromatic carbocycles. The normalized spacial score (nSPS) is 14.3. The van der Waals surface area contributed by atoms with Crippen LogP contribution in [0, 0.1) is 17.2 Å². The van der Waals surface area contributed by atoms with E-state index in [-0.39, 0.29) is 0 Å². The maximum Gasteiger partial charge on any atom is 0.303 e. The molecular weight excluding hydrogens is 145 g/mol. The Morgan fingerprint density at radius 3 is 2.33 bits per heavy atom. The van der Waals surface area contributed by atoms with Crippen molar-refractivity contribution in [1.29, 1.82) is 5.26 Å². The molecule has 5 heteroatoms. The van der Waals surface area contributed by atoms with Gasteiger partial charge < -0.3 is 0 Å². The highest BCUT2D eigenvalue weighted by molar-refractivity contribution is 7.86. The van der Waals surface area contributed by atoms with Gasteiger partial charge in [0.1, 0.15) is 0 Å². The van der Waals surface area contributed by atoms with Gasteiger partial charge in [-0.25, -0.2) is 0 Å². The van der Waals surface area contributed by atoms with E-state index in [1.54, 1.807) is 6.07 Å². The molecule has 1 atom stereocenters. The van der Waals surface area contributed by atoms with E-state index in [1.165, 1.54) is 6.92 Å². The van der Waals surface area contributed by atoms with Crippen molar-refractivity contribution in [2.24, 2.45) is 5.92 Å². The Kier molecular flexibility index (Phi) is 2.59. The Morgan fingerprint density at radius 2 is 2.22 bits per heavy atom. The molecule has 0 heterocycles. The van der Waals surface area contributed by atoms with Gasteiger partial charge in [-0.3, -0.25) is 0 Å². The summed E-state index contributed by atoms with van der Waals surface area (Å²) in [6.07, 6.45) is 0. The van der Waals surface area contributed by atoms with Gasteiger partial charge in [-0.1, -0.05) is 0 Å². The lowest BCUT2D eigenvalue weighted by molar-refractivity contribution is 0.545. The van der Waals surface area contributed by atoms with Crippen molar-refractivity contribution in [3.63, 3.8) is 0 Å². The van der Waals surface area contributed by atoms with Gasteiger partial charge in [-0.05, 0) is 6.92 Å². The zero-order valence-electron chi connectivity index (χ0n) is 4.83. The van der Waals surface area contributed by atoms with E-state index < -0.39 is 21.9 Å². The van der Waals surface area contributed by atoms with Crippen LogP contribution >= 0.6 is 0 Å². The number of nitrogens with zero attached hydrogens (tertiary/aromatic N) is 1. The second-order valence-corrected chi connectivity index (χ2v) is 3.15. The second kappa shape index (κ2) is 2.78. The lowest BCUT2D eigenvalue weighted by Gasteiger charge is -1.92. The Morgan fingerprint density at radius 1 is 1.78 bits per heavy atom. The summed E-state index contributed by atoms with van der Waals surface area (Å²) in [5.74, 6) is -1.47. The third-order valence-corrected chi connectivity index (χ3v) is 1.57. The molecule has 3 nitrogen and oxygen atoms in total. The van der Waals surface area contributed by atoms with Crippen LogP contribution in [0.3, 0.4) is 0 Å². The van der Waals surface area contributed by atoms with E-state index in [2.05, 4.69) is 0 Å². The highest BCUT2D eigenvalue weighted by Crippen LogP contribution is 1.99. The molecule has 0 spiro atoms. The number of hydrogen-bond donors (Lipinski definition) is 0. The van der Waals surface area contributed by atoms with E-state index in [9.17, 15) is 12.3 Å². The van der Waals surface area contributed by atoms with Crippen LogP contribution in [0.25, 0.3) is 0 Å². The van der Waals surface area contributed by atoms with Crippen molar-refractivity contribution in [2.75, 3.05) is 5.75 Å². The first-order chi connectivity index (χ1) is 3.95. The molecule has 0 fully saturated rings. The number of hydrogen-bond acceptors (Lipinski definition) is 3. The standard InChI is InChI=1S/C4H6FNO2S/c1-4(2-6)3-9(5,7)8/h4H,3H2,1H3. The molecule has 0 radical (unpaired) electrons. The van der Waals surface area contributed by atoms with Crippen molar-refractivity contribution >= 4 is 10.2 Å². The van der Waals surface area contributed by atoms with Crippen LogP contribution in [-0.4, -0.2) is 14.2 Å². The first-order valence-corrected chi connectivity index (χ1v) is 3.83. The third kappa shape index (κ3) is 5.24. The molecule has 0 aliphatic heterocycles. The van der Waals surface area contributed by atoms with E-state index in [0.717, 1.165) is 0 Å². The fraction of sp³-hybridized carbons (Fsp3) is 0.750. The molecule has 0 aromatic rings. The van der Waals surface area contributed by atoms with Crippen LogP contribution in [-0.2, 0) is 10.2 Å². The predicted molar refractivity (Wildman–Crippen MR) is 29.7 cm³/mol. The third-order valence-electron chi connectivity index (χ3n) is 0.669. The lowest BCUT2D eigenvalue weighted by atomic mass is 10.3. The van der Waals surface area contributed by atoms with E-state index in [1.807, 2.05) is 0 Å². The maximum absolute atomic E-state index is 11.6. The van der Waals surface area contributed by atoms with Crippen LogP contribution in [0.1, 0.15) is 6.92 Å². The summed E-state index contributed by atoms with van der Waals surface area (Å²) in [4.78, 5) is 0. The monoisotopic (exact) mass is 151 g/mol. The highest BCUT2D eigenvalue weighted by atomic mass is 32.3. The van der Waals surface area contributed by atoms with Crippen LogP contribution < -0.4 is 0 Å². The summed E-state index contributed by atoms with van der Waals surface area (Å²) >= 11 is 0. The van der Waals surface area contributed by atoms with Crippen molar-refractivity contribution in [2.45, 2.75) is 6.92 Å². The Labute approximate surface area is 53.3 Å². The zero-order valence-corrected chi connectivity index (χ0v) is 5.65. The minimum absolute atomic E-state index is 0.705.